The summed E-state index contributed by atoms with van der Waals surface area (Å²) in [6, 6.07) is 7.78. The van der Waals surface area contributed by atoms with Crippen molar-refractivity contribution in [3.63, 3.8) is 0 Å². The number of ether oxygens (including phenoxy) is 2. The molecule has 0 aliphatic heterocycles. The molecule has 0 aliphatic carbocycles. The minimum absolute atomic E-state index is 0.275. The van der Waals surface area contributed by atoms with E-state index in [-0.39, 0.29) is 12.2 Å². The van der Waals surface area contributed by atoms with Crippen LogP contribution in [-0.4, -0.2) is 37.0 Å². The van der Waals surface area contributed by atoms with Gasteiger partial charge in [-0.1, -0.05) is 12.1 Å². The van der Waals surface area contributed by atoms with Crippen molar-refractivity contribution in [2.45, 2.75) is 12.2 Å². The average Bonchev–Trinajstić information content (AvgIpc) is 2.47. The number of halogens is 1. The number of fused-ring (bicyclic) bond motifs is 1. The molecule has 0 aliphatic rings. The van der Waals surface area contributed by atoms with Crippen LogP contribution >= 0.6 is 11.6 Å². The Kier molecular flexibility index (Phi) is 4.90. The van der Waals surface area contributed by atoms with Gasteiger partial charge < -0.3 is 14.8 Å². The number of benzene rings is 1. The zero-order valence-electron chi connectivity index (χ0n) is 10.9. The number of hydrogen-bond donors (Lipinski definition) is 1. The molecule has 1 aromatic carbocycles. The summed E-state index contributed by atoms with van der Waals surface area (Å²) in [5.74, 6) is 1.60. The van der Waals surface area contributed by atoms with Gasteiger partial charge in [-0.25, -0.2) is 9.97 Å². The highest BCUT2D eigenvalue weighted by molar-refractivity contribution is 6.16. The van der Waals surface area contributed by atoms with E-state index in [1.165, 1.54) is 0 Å². The fraction of sp³-hybridized carbons (Fsp3) is 0.385. The lowest BCUT2D eigenvalue weighted by Crippen LogP contribution is -2.24. The third-order valence-corrected chi connectivity index (χ3v) is 2.97. The lowest BCUT2D eigenvalue weighted by molar-refractivity contribution is -0.0914. The van der Waals surface area contributed by atoms with E-state index >= 15 is 0 Å². The van der Waals surface area contributed by atoms with E-state index in [0.29, 0.717) is 12.4 Å². The molecule has 102 valence electrons. The number of alkyl halides is 1. The van der Waals surface area contributed by atoms with Crippen LogP contribution in [0.15, 0.2) is 24.3 Å². The van der Waals surface area contributed by atoms with E-state index in [4.69, 9.17) is 21.1 Å². The van der Waals surface area contributed by atoms with E-state index in [9.17, 15) is 0 Å². The van der Waals surface area contributed by atoms with Gasteiger partial charge >= 0.3 is 0 Å². The minimum Gasteiger partial charge on any atom is -0.364 e. The van der Waals surface area contributed by atoms with Crippen molar-refractivity contribution in [1.29, 1.82) is 0 Å². The van der Waals surface area contributed by atoms with Crippen LogP contribution in [0.2, 0.25) is 0 Å². The van der Waals surface area contributed by atoms with Gasteiger partial charge in [-0.05, 0) is 12.1 Å². The van der Waals surface area contributed by atoms with Crippen molar-refractivity contribution in [1.82, 2.24) is 9.97 Å². The average molecular weight is 282 g/mol. The Morgan fingerprint density at radius 2 is 1.95 bits per heavy atom. The number of aromatic nitrogens is 2. The van der Waals surface area contributed by atoms with Crippen LogP contribution in [-0.2, 0) is 15.4 Å². The van der Waals surface area contributed by atoms with E-state index in [1.54, 1.807) is 14.2 Å². The molecule has 0 saturated carbocycles. The second-order valence-electron chi connectivity index (χ2n) is 3.92. The summed E-state index contributed by atoms with van der Waals surface area (Å²) in [7, 11) is 3.19. The van der Waals surface area contributed by atoms with Crippen LogP contribution in [0.5, 0.6) is 0 Å². The van der Waals surface area contributed by atoms with Crippen molar-refractivity contribution >= 4 is 28.3 Å². The van der Waals surface area contributed by atoms with Crippen molar-refractivity contribution in [3.05, 3.63) is 30.1 Å². The first-order chi connectivity index (χ1) is 9.28. The molecule has 0 amide bonds. The molecule has 2 aromatic rings. The van der Waals surface area contributed by atoms with E-state index in [1.807, 2.05) is 24.3 Å². The lowest BCUT2D eigenvalue weighted by Gasteiger charge is -2.15. The second kappa shape index (κ2) is 6.65. The maximum atomic E-state index is 5.81. The molecule has 1 heterocycles. The highest BCUT2D eigenvalue weighted by Gasteiger charge is 2.09. The monoisotopic (exact) mass is 281 g/mol. The van der Waals surface area contributed by atoms with E-state index < -0.39 is 0 Å². The normalized spacial score (nSPS) is 11.2. The Labute approximate surface area is 116 Å². The van der Waals surface area contributed by atoms with Crippen LogP contribution in [0, 0.1) is 0 Å². The van der Waals surface area contributed by atoms with Crippen LogP contribution in [0.4, 0.5) is 5.82 Å². The van der Waals surface area contributed by atoms with Crippen LogP contribution in [0.25, 0.3) is 10.9 Å². The van der Waals surface area contributed by atoms with Crippen molar-refractivity contribution in [2.75, 3.05) is 26.1 Å². The first kappa shape index (κ1) is 14.0. The van der Waals surface area contributed by atoms with Gasteiger partial charge in [0, 0.05) is 19.6 Å². The van der Waals surface area contributed by atoms with Gasteiger partial charge in [0.15, 0.2) is 6.29 Å². The second-order valence-corrected chi connectivity index (χ2v) is 4.19. The standard InChI is InChI=1S/C13H16ClN3O2/c1-18-12(19-2)8-15-13-9-5-3-4-6-10(9)16-11(7-14)17-13/h3-6,12H,7-8H2,1-2H3,(H,15,16,17). The maximum Gasteiger partial charge on any atom is 0.173 e. The number of rotatable bonds is 6. The van der Waals surface area contributed by atoms with Gasteiger partial charge in [0.2, 0.25) is 0 Å². The first-order valence-corrected chi connectivity index (χ1v) is 6.43. The van der Waals surface area contributed by atoms with E-state index in [2.05, 4.69) is 15.3 Å². The van der Waals surface area contributed by atoms with Crippen LogP contribution in [0.1, 0.15) is 5.82 Å². The molecule has 1 N–H and O–H groups in total. The molecule has 1 aromatic heterocycles. The van der Waals surface area contributed by atoms with Crippen LogP contribution in [0.3, 0.4) is 0 Å². The summed E-state index contributed by atoms with van der Waals surface area (Å²) in [4.78, 5) is 8.77. The van der Waals surface area contributed by atoms with Crippen molar-refractivity contribution in [2.24, 2.45) is 0 Å². The number of methoxy groups -OCH3 is 2. The molecule has 0 unspecified atom stereocenters. The quantitative estimate of drug-likeness (QED) is 0.651. The number of anilines is 1. The van der Waals surface area contributed by atoms with Crippen molar-refractivity contribution < 1.29 is 9.47 Å². The maximum absolute atomic E-state index is 5.81. The lowest BCUT2D eigenvalue weighted by atomic mass is 10.2. The molecular formula is C13H16ClN3O2. The predicted molar refractivity (Wildman–Crippen MR) is 75.4 cm³/mol. The fourth-order valence-electron chi connectivity index (χ4n) is 1.76. The summed E-state index contributed by atoms with van der Waals surface area (Å²) in [6.07, 6.45) is -0.326. The summed E-state index contributed by atoms with van der Waals surface area (Å²) >= 11 is 5.81. The Morgan fingerprint density at radius 3 is 2.63 bits per heavy atom. The summed E-state index contributed by atoms with van der Waals surface area (Å²) in [5.41, 5.74) is 0.863. The molecule has 2 rings (SSSR count). The Morgan fingerprint density at radius 1 is 1.21 bits per heavy atom. The Bertz CT molecular complexity index is 546. The van der Waals surface area contributed by atoms with Gasteiger partial charge in [0.05, 0.1) is 17.9 Å². The molecule has 0 fully saturated rings. The van der Waals surface area contributed by atoms with Crippen molar-refractivity contribution in [3.8, 4) is 0 Å². The SMILES string of the molecule is COC(CNc1nc(CCl)nc2ccccc12)OC. The molecule has 0 radical (unpaired) electrons. The number of nitrogens with zero attached hydrogens (tertiary/aromatic N) is 2. The van der Waals surface area contributed by atoms with Gasteiger partial charge in [-0.15, -0.1) is 11.6 Å². The highest BCUT2D eigenvalue weighted by atomic mass is 35.5. The van der Waals surface area contributed by atoms with Gasteiger partial charge in [0.25, 0.3) is 0 Å². The topological polar surface area (TPSA) is 56.3 Å². The van der Waals surface area contributed by atoms with Gasteiger partial charge in [-0.2, -0.15) is 0 Å². The molecule has 0 bridgehead atoms. The molecule has 6 heteroatoms. The Balaban J connectivity index is 2.30. The van der Waals surface area contributed by atoms with Gasteiger partial charge in [-0.3, -0.25) is 0 Å². The smallest absolute Gasteiger partial charge is 0.173 e. The number of nitrogens with one attached hydrogen (secondary N) is 1. The number of hydrogen-bond acceptors (Lipinski definition) is 5. The predicted octanol–water partition coefficient (Wildman–Crippen LogP) is 2.40. The molecular weight excluding hydrogens is 266 g/mol. The third-order valence-electron chi connectivity index (χ3n) is 2.73. The first-order valence-electron chi connectivity index (χ1n) is 5.89. The zero-order valence-corrected chi connectivity index (χ0v) is 11.6. The summed E-state index contributed by atoms with van der Waals surface area (Å²) in [5, 5.41) is 4.15. The minimum atomic E-state index is -0.326. The molecule has 5 nitrogen and oxygen atoms in total. The molecule has 19 heavy (non-hydrogen) atoms. The fourth-order valence-corrected chi connectivity index (χ4v) is 1.88. The Hall–Kier alpha value is -1.43. The zero-order chi connectivity index (χ0) is 13.7. The van der Waals surface area contributed by atoms with Gasteiger partial charge in [0.1, 0.15) is 11.6 Å². The molecule has 0 saturated heterocycles. The van der Waals surface area contributed by atoms with E-state index in [0.717, 1.165) is 16.7 Å². The highest BCUT2D eigenvalue weighted by Crippen LogP contribution is 2.20. The largest absolute Gasteiger partial charge is 0.364 e. The summed E-state index contributed by atoms with van der Waals surface area (Å²) in [6.45, 7) is 0.496. The molecule has 0 spiro atoms. The third kappa shape index (κ3) is 3.32. The number of para-hydroxylation sites is 1. The van der Waals surface area contributed by atoms with Crippen LogP contribution < -0.4 is 5.32 Å². The molecule has 0 atom stereocenters. The summed E-state index contributed by atoms with van der Waals surface area (Å²) < 4.78 is 10.3.